The first-order chi connectivity index (χ1) is 8.66. The van der Waals surface area contributed by atoms with Crippen molar-refractivity contribution in [2.24, 2.45) is 0 Å². The molecule has 6 heteroatoms. The second kappa shape index (κ2) is 5.84. The van der Waals surface area contributed by atoms with Gasteiger partial charge in [-0.1, -0.05) is 29.8 Å². The summed E-state index contributed by atoms with van der Waals surface area (Å²) in [4.78, 5) is 19.9. The van der Waals surface area contributed by atoms with Gasteiger partial charge in [0, 0.05) is 4.90 Å². The molecule has 0 aliphatic rings. The molecule has 92 valence electrons. The number of nitrogens with zero attached hydrogens (tertiary/aromatic N) is 2. The van der Waals surface area contributed by atoms with Crippen LogP contribution in [0.25, 0.3) is 0 Å². The zero-order valence-electron chi connectivity index (χ0n) is 9.21. The fourth-order valence-corrected chi connectivity index (χ4v) is 2.24. The lowest BCUT2D eigenvalue weighted by atomic mass is 10.4. The van der Waals surface area contributed by atoms with Gasteiger partial charge in [-0.2, -0.15) is 0 Å². The summed E-state index contributed by atoms with van der Waals surface area (Å²) in [5.74, 6) is -0.194. The summed E-state index contributed by atoms with van der Waals surface area (Å²) < 4.78 is 0. The van der Waals surface area contributed by atoms with E-state index in [4.69, 9.17) is 16.7 Å². The molecule has 0 unspecified atom stereocenters. The topological polar surface area (TPSA) is 63.1 Å². The van der Waals surface area contributed by atoms with E-state index in [0.29, 0.717) is 11.6 Å². The number of aromatic nitrogens is 2. The third kappa shape index (κ3) is 3.21. The van der Waals surface area contributed by atoms with Gasteiger partial charge in [-0.3, -0.25) is 0 Å². The van der Waals surface area contributed by atoms with Crippen LogP contribution in [0.3, 0.4) is 0 Å². The molecule has 0 radical (unpaired) electrons. The quantitative estimate of drug-likeness (QED) is 0.872. The fraction of sp³-hybridized carbons (Fsp3) is 0.0833. The van der Waals surface area contributed by atoms with Crippen molar-refractivity contribution >= 4 is 29.3 Å². The van der Waals surface area contributed by atoms with Crippen LogP contribution in [0.4, 0.5) is 0 Å². The number of hydrogen-bond donors (Lipinski definition) is 1. The van der Waals surface area contributed by atoms with Gasteiger partial charge in [0.15, 0.2) is 5.69 Å². The number of benzene rings is 1. The third-order valence-electron chi connectivity index (χ3n) is 2.11. The van der Waals surface area contributed by atoms with Crippen LogP contribution in [0.2, 0.25) is 5.02 Å². The van der Waals surface area contributed by atoms with E-state index >= 15 is 0 Å². The lowest BCUT2D eigenvalue weighted by molar-refractivity contribution is 0.0690. The largest absolute Gasteiger partial charge is 0.476 e. The second-order valence-corrected chi connectivity index (χ2v) is 4.85. The fourth-order valence-electron chi connectivity index (χ4n) is 1.29. The van der Waals surface area contributed by atoms with Gasteiger partial charge in [0.2, 0.25) is 0 Å². The van der Waals surface area contributed by atoms with Crippen molar-refractivity contribution < 1.29 is 9.90 Å². The molecule has 2 aromatic rings. The van der Waals surface area contributed by atoms with Crippen molar-refractivity contribution in [3.05, 3.63) is 53.1 Å². The zero-order chi connectivity index (χ0) is 13.0. The molecule has 18 heavy (non-hydrogen) atoms. The summed E-state index contributed by atoms with van der Waals surface area (Å²) in [5.41, 5.74) is -0.157. The first kappa shape index (κ1) is 12.9. The van der Waals surface area contributed by atoms with E-state index in [0.717, 1.165) is 4.90 Å². The smallest absolute Gasteiger partial charge is 0.356 e. The number of aromatic carboxylic acids is 1. The Bertz CT molecular complexity index is 563. The highest BCUT2D eigenvalue weighted by atomic mass is 35.5. The van der Waals surface area contributed by atoms with Crippen molar-refractivity contribution in [2.45, 2.75) is 10.6 Å². The van der Waals surface area contributed by atoms with Gasteiger partial charge < -0.3 is 5.11 Å². The average molecular weight is 281 g/mol. The third-order valence-corrected chi connectivity index (χ3v) is 3.39. The molecule has 0 aliphatic carbocycles. The minimum Gasteiger partial charge on any atom is -0.476 e. The number of rotatable bonds is 4. The van der Waals surface area contributed by atoms with Crippen molar-refractivity contribution in [3.63, 3.8) is 0 Å². The molecular weight excluding hydrogens is 272 g/mol. The minimum absolute atomic E-state index is 0.0518. The highest BCUT2D eigenvalue weighted by molar-refractivity contribution is 7.98. The van der Waals surface area contributed by atoms with E-state index in [1.807, 2.05) is 30.3 Å². The predicted molar refractivity (Wildman–Crippen MR) is 70.0 cm³/mol. The SMILES string of the molecule is O=C(O)c1nc(CSc2ccccc2)ncc1Cl. The lowest BCUT2D eigenvalue weighted by Crippen LogP contribution is -2.05. The molecule has 1 aromatic heterocycles. The molecule has 0 aliphatic heterocycles. The van der Waals surface area contributed by atoms with Gasteiger partial charge in [0.1, 0.15) is 5.82 Å². The molecule has 1 aromatic carbocycles. The molecule has 4 nitrogen and oxygen atoms in total. The van der Waals surface area contributed by atoms with Crippen LogP contribution in [0, 0.1) is 0 Å². The number of halogens is 1. The highest BCUT2D eigenvalue weighted by Crippen LogP contribution is 2.21. The number of hydrogen-bond acceptors (Lipinski definition) is 4. The first-order valence-electron chi connectivity index (χ1n) is 5.09. The Morgan fingerprint density at radius 2 is 2.06 bits per heavy atom. The number of carbonyl (C=O) groups is 1. The number of carboxylic acids is 1. The van der Waals surface area contributed by atoms with E-state index in [-0.39, 0.29) is 10.7 Å². The Morgan fingerprint density at radius 3 is 2.72 bits per heavy atom. The van der Waals surface area contributed by atoms with Crippen LogP contribution in [0.1, 0.15) is 16.3 Å². The normalized spacial score (nSPS) is 10.3. The first-order valence-corrected chi connectivity index (χ1v) is 6.46. The molecule has 0 saturated heterocycles. The summed E-state index contributed by atoms with van der Waals surface area (Å²) in [6.45, 7) is 0. The minimum atomic E-state index is -1.15. The van der Waals surface area contributed by atoms with Crippen molar-refractivity contribution in [2.75, 3.05) is 0 Å². The summed E-state index contributed by atoms with van der Waals surface area (Å²) in [7, 11) is 0. The van der Waals surface area contributed by atoms with Gasteiger partial charge in [0.05, 0.1) is 17.0 Å². The van der Waals surface area contributed by atoms with E-state index in [1.165, 1.54) is 18.0 Å². The van der Waals surface area contributed by atoms with Crippen molar-refractivity contribution in [1.29, 1.82) is 0 Å². The highest BCUT2D eigenvalue weighted by Gasteiger charge is 2.12. The van der Waals surface area contributed by atoms with E-state index in [2.05, 4.69) is 9.97 Å². The van der Waals surface area contributed by atoms with Gasteiger partial charge in [-0.05, 0) is 12.1 Å². The maximum absolute atomic E-state index is 10.9. The molecule has 0 amide bonds. The van der Waals surface area contributed by atoms with Gasteiger partial charge >= 0.3 is 5.97 Å². The molecular formula is C12H9ClN2O2S. The standard InChI is InChI=1S/C12H9ClN2O2S/c13-9-6-14-10(15-11(9)12(16)17)7-18-8-4-2-1-3-5-8/h1-6H,7H2,(H,16,17). The van der Waals surface area contributed by atoms with Crippen LogP contribution in [-0.2, 0) is 5.75 Å². The van der Waals surface area contributed by atoms with E-state index < -0.39 is 5.97 Å². The molecule has 0 saturated carbocycles. The monoisotopic (exact) mass is 280 g/mol. The maximum Gasteiger partial charge on any atom is 0.356 e. The average Bonchev–Trinajstić information content (AvgIpc) is 2.38. The Morgan fingerprint density at radius 1 is 1.33 bits per heavy atom. The Kier molecular flexibility index (Phi) is 4.17. The second-order valence-electron chi connectivity index (χ2n) is 3.39. The Labute approximate surface area is 113 Å². The van der Waals surface area contributed by atoms with E-state index in [9.17, 15) is 4.79 Å². The zero-order valence-corrected chi connectivity index (χ0v) is 10.8. The predicted octanol–water partition coefficient (Wildman–Crippen LogP) is 3.12. The molecule has 0 bridgehead atoms. The molecule has 0 spiro atoms. The van der Waals surface area contributed by atoms with Crippen LogP contribution in [0.5, 0.6) is 0 Å². The molecule has 0 atom stereocenters. The maximum atomic E-state index is 10.9. The number of carboxylic acid groups (broad SMARTS) is 1. The Balaban J connectivity index is 2.11. The van der Waals surface area contributed by atoms with E-state index in [1.54, 1.807) is 0 Å². The van der Waals surface area contributed by atoms with Crippen molar-refractivity contribution in [3.8, 4) is 0 Å². The summed E-state index contributed by atoms with van der Waals surface area (Å²) in [6.07, 6.45) is 1.32. The van der Waals surface area contributed by atoms with Gasteiger partial charge in [0.25, 0.3) is 0 Å². The van der Waals surface area contributed by atoms with Crippen LogP contribution >= 0.6 is 23.4 Å². The summed E-state index contributed by atoms with van der Waals surface area (Å²) >= 11 is 7.23. The lowest BCUT2D eigenvalue weighted by Gasteiger charge is -2.03. The molecule has 0 fully saturated rings. The van der Waals surface area contributed by atoms with Gasteiger partial charge in [-0.25, -0.2) is 14.8 Å². The van der Waals surface area contributed by atoms with Crippen LogP contribution in [0.15, 0.2) is 41.4 Å². The summed E-state index contributed by atoms with van der Waals surface area (Å²) in [6, 6.07) is 9.75. The Hall–Kier alpha value is -1.59. The van der Waals surface area contributed by atoms with Gasteiger partial charge in [-0.15, -0.1) is 11.8 Å². The molecule has 1 N–H and O–H groups in total. The molecule has 1 heterocycles. The number of thioether (sulfide) groups is 1. The van der Waals surface area contributed by atoms with Crippen LogP contribution in [-0.4, -0.2) is 21.0 Å². The molecule has 2 rings (SSSR count). The van der Waals surface area contributed by atoms with Crippen molar-refractivity contribution in [1.82, 2.24) is 9.97 Å². The summed E-state index contributed by atoms with van der Waals surface area (Å²) in [5, 5.41) is 8.95. The van der Waals surface area contributed by atoms with Crippen LogP contribution < -0.4 is 0 Å².